The zero-order chi connectivity index (χ0) is 27.5. The molecule has 11 heteroatoms. The van der Waals surface area contributed by atoms with E-state index in [4.69, 9.17) is 21.4 Å². The third-order valence-corrected chi connectivity index (χ3v) is 6.73. The van der Waals surface area contributed by atoms with Gasteiger partial charge < -0.3 is 24.7 Å². The van der Waals surface area contributed by atoms with E-state index in [-0.39, 0.29) is 17.6 Å². The highest BCUT2D eigenvalue weighted by molar-refractivity contribution is 7.80. The predicted octanol–water partition coefficient (Wildman–Crippen LogP) is 5.78. The van der Waals surface area contributed by atoms with Crippen LogP contribution in [-0.4, -0.2) is 28.0 Å². The highest BCUT2D eigenvalue weighted by atomic mass is 32.1. The molecule has 1 fully saturated rings. The van der Waals surface area contributed by atoms with Gasteiger partial charge in [-0.05, 0) is 48.6 Å². The van der Waals surface area contributed by atoms with Crippen molar-refractivity contribution >= 4 is 40.3 Å². The number of non-ortho nitro benzene ring substituents is 1. The number of hydrogen-bond donors (Lipinski definition) is 2. The minimum absolute atomic E-state index is 0.0236. The van der Waals surface area contributed by atoms with Crippen LogP contribution in [0, 0.1) is 10.1 Å². The second kappa shape index (κ2) is 10.9. The van der Waals surface area contributed by atoms with E-state index in [2.05, 4.69) is 15.6 Å². The molecule has 1 aliphatic heterocycles. The van der Waals surface area contributed by atoms with E-state index < -0.39 is 11.0 Å². The van der Waals surface area contributed by atoms with Crippen LogP contribution in [0.5, 0.6) is 5.75 Å². The van der Waals surface area contributed by atoms with Crippen LogP contribution in [0.3, 0.4) is 0 Å². The number of ether oxygens (including phenoxy) is 1. The van der Waals surface area contributed by atoms with E-state index in [0.29, 0.717) is 40.1 Å². The van der Waals surface area contributed by atoms with Crippen LogP contribution in [0.25, 0.3) is 11.3 Å². The third kappa shape index (κ3) is 5.16. The molecule has 1 amide bonds. The topological polar surface area (TPSA) is 123 Å². The van der Waals surface area contributed by atoms with Crippen molar-refractivity contribution in [3.63, 3.8) is 0 Å². The van der Waals surface area contributed by atoms with E-state index in [0.717, 1.165) is 11.4 Å². The molecule has 0 spiro atoms. The normalized spacial score (nSPS) is 16.6. The smallest absolute Gasteiger partial charge is 0.270 e. The van der Waals surface area contributed by atoms with Crippen LogP contribution in [0.2, 0.25) is 0 Å². The molecule has 1 saturated heterocycles. The van der Waals surface area contributed by atoms with E-state index in [1.165, 1.54) is 19.2 Å². The number of benzene rings is 2. The van der Waals surface area contributed by atoms with Gasteiger partial charge in [-0.15, -0.1) is 0 Å². The minimum atomic E-state index is -0.444. The number of nitrogens with one attached hydrogen (secondary N) is 2. The van der Waals surface area contributed by atoms with Crippen LogP contribution in [-0.2, 0) is 4.79 Å². The summed E-state index contributed by atoms with van der Waals surface area (Å²) in [6.07, 6.45) is 2.05. The van der Waals surface area contributed by atoms with Crippen molar-refractivity contribution in [2.45, 2.75) is 25.4 Å². The Balaban J connectivity index is 1.57. The van der Waals surface area contributed by atoms with Gasteiger partial charge >= 0.3 is 0 Å². The van der Waals surface area contributed by atoms with Crippen LogP contribution in [0.4, 0.5) is 17.1 Å². The monoisotopic (exact) mass is 543 g/mol. The van der Waals surface area contributed by atoms with Crippen molar-refractivity contribution in [2.24, 2.45) is 0 Å². The first-order chi connectivity index (χ1) is 18.9. The number of nitro benzene ring substituents is 1. The molecule has 2 aromatic heterocycles. The molecule has 0 radical (unpaired) electrons. The fraction of sp³-hybridized carbons (Fsp3) is 0.179. The van der Waals surface area contributed by atoms with Gasteiger partial charge in [-0.3, -0.25) is 19.9 Å². The quantitative estimate of drug-likeness (QED) is 0.162. The summed E-state index contributed by atoms with van der Waals surface area (Å²) in [5, 5.41) is 18.0. The highest BCUT2D eigenvalue weighted by Crippen LogP contribution is 2.44. The number of methoxy groups -OCH3 is 1. The number of anilines is 2. The maximum atomic E-state index is 12.0. The Labute approximate surface area is 229 Å². The molecule has 2 atom stereocenters. The molecule has 2 N–H and O–H groups in total. The molecule has 0 aliphatic carbocycles. The molecule has 39 heavy (non-hydrogen) atoms. The molecule has 198 valence electrons. The van der Waals surface area contributed by atoms with E-state index in [1.807, 2.05) is 35.2 Å². The number of furan rings is 1. The minimum Gasteiger partial charge on any atom is -0.494 e. The fourth-order valence-electron chi connectivity index (χ4n) is 4.53. The SMILES string of the molecule is CCC(=O)Nc1ccc(N2C(=S)N[C@H](c3ccccn3)[C@H]2c2ccc(-c3cccc([N+](=O)[O-])c3)o2)cc1OC. The van der Waals surface area contributed by atoms with Crippen molar-refractivity contribution in [3.8, 4) is 17.1 Å². The van der Waals surface area contributed by atoms with E-state index in [1.54, 1.807) is 43.5 Å². The van der Waals surface area contributed by atoms with E-state index >= 15 is 0 Å². The number of thiocarbonyl (C=S) groups is 1. The lowest BCUT2D eigenvalue weighted by molar-refractivity contribution is -0.384. The number of amides is 1. The van der Waals surface area contributed by atoms with Crippen LogP contribution < -0.4 is 20.3 Å². The number of rotatable bonds is 8. The molecule has 4 aromatic rings. The van der Waals surface area contributed by atoms with Crippen LogP contribution in [0.15, 0.2) is 83.4 Å². The Morgan fingerprint density at radius 2 is 2.03 bits per heavy atom. The summed E-state index contributed by atoms with van der Waals surface area (Å²) in [5.41, 5.74) is 2.59. The summed E-state index contributed by atoms with van der Waals surface area (Å²) < 4.78 is 11.9. The molecule has 3 heterocycles. The maximum Gasteiger partial charge on any atom is 0.270 e. The predicted molar refractivity (Wildman–Crippen MR) is 151 cm³/mol. The molecule has 1 aliphatic rings. The van der Waals surface area contributed by atoms with Gasteiger partial charge in [-0.2, -0.15) is 0 Å². The van der Waals surface area contributed by atoms with Gasteiger partial charge in [-0.25, -0.2) is 0 Å². The zero-order valence-electron chi connectivity index (χ0n) is 21.2. The second-order valence-corrected chi connectivity index (χ2v) is 9.18. The lowest BCUT2D eigenvalue weighted by Crippen LogP contribution is -2.29. The number of hydrogen-bond acceptors (Lipinski definition) is 7. The third-order valence-electron chi connectivity index (χ3n) is 6.42. The Morgan fingerprint density at radius 1 is 1.18 bits per heavy atom. The zero-order valence-corrected chi connectivity index (χ0v) is 22.0. The number of carbonyl (C=O) groups excluding carboxylic acids is 1. The summed E-state index contributed by atoms with van der Waals surface area (Å²) in [5.74, 6) is 1.42. The summed E-state index contributed by atoms with van der Waals surface area (Å²) in [6, 6.07) is 20.2. The van der Waals surface area contributed by atoms with Gasteiger partial charge in [0, 0.05) is 42.1 Å². The fourth-order valence-corrected chi connectivity index (χ4v) is 4.88. The Kier molecular flexibility index (Phi) is 7.24. The first-order valence-electron chi connectivity index (χ1n) is 12.2. The summed E-state index contributed by atoms with van der Waals surface area (Å²) in [7, 11) is 1.54. The average Bonchev–Trinajstić information content (AvgIpc) is 3.58. The van der Waals surface area contributed by atoms with Crippen molar-refractivity contribution in [1.82, 2.24) is 10.3 Å². The van der Waals surface area contributed by atoms with Gasteiger partial charge in [0.2, 0.25) is 5.91 Å². The Morgan fingerprint density at radius 3 is 2.74 bits per heavy atom. The van der Waals surface area contributed by atoms with Gasteiger partial charge in [0.15, 0.2) is 5.11 Å². The highest BCUT2D eigenvalue weighted by Gasteiger charge is 2.43. The number of nitrogens with zero attached hydrogens (tertiary/aromatic N) is 3. The summed E-state index contributed by atoms with van der Waals surface area (Å²) in [6.45, 7) is 1.78. The Hall–Kier alpha value is -4.77. The van der Waals surface area contributed by atoms with Crippen LogP contribution >= 0.6 is 12.2 Å². The number of carbonyl (C=O) groups is 1. The van der Waals surface area contributed by atoms with E-state index in [9.17, 15) is 14.9 Å². The molecule has 0 bridgehead atoms. The standard InChI is InChI=1S/C28H25N5O5S/c1-3-25(34)30-20-11-10-18(16-24(20)37-2)32-27(26(31-28(32)39)21-9-4-5-14-29-21)23-13-12-22(38-23)17-7-6-8-19(15-17)33(35)36/h4-16,26-27H,3H2,1-2H3,(H,30,34)(H,31,39)/t26-,27-/m1/s1. The van der Waals surface area contributed by atoms with Crippen molar-refractivity contribution in [2.75, 3.05) is 17.3 Å². The van der Waals surface area contributed by atoms with Crippen LogP contribution in [0.1, 0.15) is 36.9 Å². The molecule has 10 nitrogen and oxygen atoms in total. The average molecular weight is 544 g/mol. The van der Waals surface area contributed by atoms with Gasteiger partial charge in [-0.1, -0.05) is 25.1 Å². The van der Waals surface area contributed by atoms with Crippen molar-refractivity contribution in [1.29, 1.82) is 0 Å². The summed E-state index contributed by atoms with van der Waals surface area (Å²) in [4.78, 5) is 29.3. The van der Waals surface area contributed by atoms with Gasteiger partial charge in [0.25, 0.3) is 5.69 Å². The summed E-state index contributed by atoms with van der Waals surface area (Å²) >= 11 is 5.78. The first-order valence-corrected chi connectivity index (χ1v) is 12.6. The number of pyridine rings is 1. The lowest BCUT2D eigenvalue weighted by Gasteiger charge is -2.27. The molecule has 2 aromatic carbocycles. The first kappa shape index (κ1) is 25.9. The largest absolute Gasteiger partial charge is 0.494 e. The number of nitro groups is 1. The second-order valence-electron chi connectivity index (χ2n) is 8.79. The maximum absolute atomic E-state index is 12.0. The molecule has 5 rings (SSSR count). The van der Waals surface area contributed by atoms with Gasteiger partial charge in [0.1, 0.15) is 23.3 Å². The molecule has 0 unspecified atom stereocenters. The van der Waals surface area contributed by atoms with Crippen molar-refractivity contribution < 1.29 is 18.9 Å². The lowest BCUT2D eigenvalue weighted by atomic mass is 10.0. The molecule has 0 saturated carbocycles. The molecular weight excluding hydrogens is 518 g/mol. The van der Waals surface area contributed by atoms with Crippen molar-refractivity contribution in [3.05, 3.63) is 101 Å². The molecular formula is C28H25N5O5S. The number of aromatic nitrogens is 1. The Bertz CT molecular complexity index is 1540. The van der Waals surface area contributed by atoms with Gasteiger partial charge in [0.05, 0.1) is 29.5 Å².